The van der Waals surface area contributed by atoms with Crippen LogP contribution in [-0.2, 0) is 0 Å². The molecule has 1 atom stereocenters. The molecule has 2 aliphatic carbocycles. The summed E-state index contributed by atoms with van der Waals surface area (Å²) in [7, 11) is 0. The first-order valence-corrected chi connectivity index (χ1v) is 8.59. The van der Waals surface area contributed by atoms with E-state index in [9.17, 15) is 0 Å². The summed E-state index contributed by atoms with van der Waals surface area (Å²) in [6.07, 6.45) is 17.7. The van der Waals surface area contributed by atoms with Crippen molar-refractivity contribution in [2.45, 2.75) is 90.0 Å². The Labute approximate surface area is 114 Å². The maximum atomic E-state index is 3.83. The molecule has 1 N–H and O–H groups in total. The van der Waals surface area contributed by atoms with Gasteiger partial charge < -0.3 is 5.32 Å². The number of hydrogen-bond donors (Lipinski definition) is 1. The fourth-order valence-corrected chi connectivity index (χ4v) is 3.97. The van der Waals surface area contributed by atoms with Crippen molar-refractivity contribution in [2.24, 2.45) is 11.8 Å². The third-order valence-corrected chi connectivity index (χ3v) is 5.35. The zero-order valence-corrected chi connectivity index (χ0v) is 12.4. The molecule has 2 rings (SSSR count). The molecule has 2 aliphatic rings. The molecule has 0 spiro atoms. The molecule has 0 unspecified atom stereocenters. The van der Waals surface area contributed by atoms with Gasteiger partial charge in [0.15, 0.2) is 0 Å². The molecule has 106 valence electrons. The zero-order chi connectivity index (χ0) is 12.6. The highest BCUT2D eigenvalue weighted by Gasteiger charge is 2.19. The summed E-state index contributed by atoms with van der Waals surface area (Å²) in [6.45, 7) is 3.69. The molecule has 0 aromatic rings. The summed E-state index contributed by atoms with van der Waals surface area (Å²) in [5.41, 5.74) is 0. The van der Waals surface area contributed by atoms with Crippen LogP contribution in [0.25, 0.3) is 0 Å². The van der Waals surface area contributed by atoms with Crippen molar-refractivity contribution in [1.82, 2.24) is 5.32 Å². The fourth-order valence-electron chi connectivity index (χ4n) is 3.97. The van der Waals surface area contributed by atoms with Crippen LogP contribution < -0.4 is 5.32 Å². The minimum Gasteiger partial charge on any atom is -0.314 e. The maximum absolute atomic E-state index is 3.83. The summed E-state index contributed by atoms with van der Waals surface area (Å²) < 4.78 is 0. The van der Waals surface area contributed by atoms with Gasteiger partial charge in [0.1, 0.15) is 0 Å². The van der Waals surface area contributed by atoms with E-state index in [-0.39, 0.29) is 0 Å². The van der Waals surface area contributed by atoms with E-state index in [0.717, 1.165) is 17.9 Å². The predicted octanol–water partition coefficient (Wildman–Crippen LogP) is 4.91. The second-order valence-electron chi connectivity index (χ2n) is 6.79. The average molecular weight is 251 g/mol. The van der Waals surface area contributed by atoms with E-state index in [2.05, 4.69) is 12.2 Å². The highest BCUT2D eigenvalue weighted by molar-refractivity contribution is 4.76. The lowest BCUT2D eigenvalue weighted by atomic mass is 9.86. The van der Waals surface area contributed by atoms with Gasteiger partial charge in [0, 0.05) is 6.04 Å². The SMILES string of the molecule is C[C@@H](NCCC1CCCCC1)C1CCCCCC1. The third-order valence-electron chi connectivity index (χ3n) is 5.35. The van der Waals surface area contributed by atoms with Crippen molar-refractivity contribution in [3.8, 4) is 0 Å². The Morgan fingerprint density at radius 1 is 0.833 bits per heavy atom. The first-order chi connectivity index (χ1) is 8.86. The topological polar surface area (TPSA) is 12.0 Å². The quantitative estimate of drug-likeness (QED) is 0.685. The Balaban J connectivity index is 1.59. The van der Waals surface area contributed by atoms with Crippen LogP contribution in [0.2, 0.25) is 0 Å². The van der Waals surface area contributed by atoms with Crippen LogP contribution in [0.1, 0.15) is 84.0 Å². The molecule has 18 heavy (non-hydrogen) atoms. The molecule has 0 amide bonds. The second-order valence-corrected chi connectivity index (χ2v) is 6.79. The Morgan fingerprint density at radius 2 is 1.39 bits per heavy atom. The highest BCUT2D eigenvalue weighted by atomic mass is 14.9. The van der Waals surface area contributed by atoms with Gasteiger partial charge in [-0.15, -0.1) is 0 Å². The Bertz CT molecular complexity index is 200. The normalized spacial score (nSPS) is 25.8. The van der Waals surface area contributed by atoms with Gasteiger partial charge in [-0.1, -0.05) is 57.8 Å². The van der Waals surface area contributed by atoms with Gasteiger partial charge in [0.25, 0.3) is 0 Å². The lowest BCUT2D eigenvalue weighted by Crippen LogP contribution is -2.34. The Morgan fingerprint density at radius 3 is 2.06 bits per heavy atom. The van der Waals surface area contributed by atoms with Gasteiger partial charge in [0.2, 0.25) is 0 Å². The van der Waals surface area contributed by atoms with Crippen LogP contribution in [0.5, 0.6) is 0 Å². The first kappa shape index (κ1) is 14.4. The van der Waals surface area contributed by atoms with Crippen molar-refractivity contribution in [3.63, 3.8) is 0 Å². The number of nitrogens with one attached hydrogen (secondary N) is 1. The minimum absolute atomic E-state index is 0.756. The van der Waals surface area contributed by atoms with Gasteiger partial charge in [-0.25, -0.2) is 0 Å². The predicted molar refractivity (Wildman–Crippen MR) is 79.8 cm³/mol. The molecule has 0 saturated heterocycles. The van der Waals surface area contributed by atoms with E-state index in [1.165, 1.54) is 83.6 Å². The van der Waals surface area contributed by atoms with Crippen molar-refractivity contribution < 1.29 is 0 Å². The van der Waals surface area contributed by atoms with E-state index in [1.54, 1.807) is 0 Å². The monoisotopic (exact) mass is 251 g/mol. The van der Waals surface area contributed by atoms with Crippen LogP contribution in [0, 0.1) is 11.8 Å². The molecule has 1 nitrogen and oxygen atoms in total. The van der Waals surface area contributed by atoms with Gasteiger partial charge in [0.05, 0.1) is 0 Å². The molecule has 2 saturated carbocycles. The van der Waals surface area contributed by atoms with Crippen molar-refractivity contribution in [2.75, 3.05) is 6.54 Å². The lowest BCUT2D eigenvalue weighted by Gasteiger charge is -2.26. The lowest BCUT2D eigenvalue weighted by molar-refractivity contribution is 0.300. The van der Waals surface area contributed by atoms with Crippen LogP contribution in [0.15, 0.2) is 0 Å². The molecule has 0 radical (unpaired) electrons. The average Bonchev–Trinajstić information content (AvgIpc) is 2.69. The van der Waals surface area contributed by atoms with E-state index in [0.29, 0.717) is 0 Å². The van der Waals surface area contributed by atoms with Gasteiger partial charge >= 0.3 is 0 Å². The van der Waals surface area contributed by atoms with Crippen LogP contribution in [0.4, 0.5) is 0 Å². The van der Waals surface area contributed by atoms with Crippen molar-refractivity contribution >= 4 is 0 Å². The molecule has 0 heterocycles. The smallest absolute Gasteiger partial charge is 0.00669 e. The standard InChI is InChI=1S/C17H33N/c1-15(17-11-7-2-3-8-12-17)18-14-13-16-9-5-4-6-10-16/h15-18H,2-14H2,1H3/t15-/m1/s1. The van der Waals surface area contributed by atoms with Crippen molar-refractivity contribution in [1.29, 1.82) is 0 Å². The van der Waals surface area contributed by atoms with Gasteiger partial charge in [-0.3, -0.25) is 0 Å². The maximum Gasteiger partial charge on any atom is 0.00669 e. The first-order valence-electron chi connectivity index (χ1n) is 8.59. The third kappa shape index (κ3) is 4.91. The summed E-state index contributed by atoms with van der Waals surface area (Å²) in [5, 5.41) is 3.83. The summed E-state index contributed by atoms with van der Waals surface area (Å²) in [4.78, 5) is 0. The molecule has 0 aromatic carbocycles. The van der Waals surface area contributed by atoms with Crippen LogP contribution in [0.3, 0.4) is 0 Å². The molecular formula is C17H33N. The molecule has 2 fully saturated rings. The van der Waals surface area contributed by atoms with Gasteiger partial charge in [-0.05, 0) is 44.6 Å². The molecule has 0 aromatic heterocycles. The highest BCUT2D eigenvalue weighted by Crippen LogP contribution is 2.27. The van der Waals surface area contributed by atoms with Gasteiger partial charge in [-0.2, -0.15) is 0 Å². The van der Waals surface area contributed by atoms with Crippen LogP contribution >= 0.6 is 0 Å². The molecular weight excluding hydrogens is 218 g/mol. The number of rotatable bonds is 5. The molecule has 1 heteroatoms. The van der Waals surface area contributed by atoms with Crippen LogP contribution in [-0.4, -0.2) is 12.6 Å². The summed E-state index contributed by atoms with van der Waals surface area (Å²) >= 11 is 0. The molecule has 0 bridgehead atoms. The summed E-state index contributed by atoms with van der Waals surface area (Å²) in [6, 6.07) is 0.756. The molecule has 0 aliphatic heterocycles. The summed E-state index contributed by atoms with van der Waals surface area (Å²) in [5.74, 6) is 1.99. The Kier molecular flexibility index (Phi) is 6.54. The Hall–Kier alpha value is -0.0400. The number of hydrogen-bond acceptors (Lipinski definition) is 1. The van der Waals surface area contributed by atoms with Crippen molar-refractivity contribution in [3.05, 3.63) is 0 Å². The van der Waals surface area contributed by atoms with E-state index >= 15 is 0 Å². The zero-order valence-electron chi connectivity index (χ0n) is 12.4. The second kappa shape index (κ2) is 8.19. The van der Waals surface area contributed by atoms with E-state index in [4.69, 9.17) is 0 Å². The minimum atomic E-state index is 0.756. The van der Waals surface area contributed by atoms with E-state index in [1.807, 2.05) is 0 Å². The fraction of sp³-hybridized carbons (Fsp3) is 1.00. The van der Waals surface area contributed by atoms with E-state index < -0.39 is 0 Å². The largest absolute Gasteiger partial charge is 0.314 e.